The van der Waals surface area contributed by atoms with Crippen LogP contribution in [0.1, 0.15) is 30.7 Å². The van der Waals surface area contributed by atoms with E-state index in [1.165, 1.54) is 0 Å². The number of nitrogens with one attached hydrogen (secondary N) is 1. The van der Waals surface area contributed by atoms with E-state index >= 15 is 0 Å². The van der Waals surface area contributed by atoms with Crippen LogP contribution in [0.15, 0.2) is 17.7 Å². The van der Waals surface area contributed by atoms with Crippen LogP contribution < -0.4 is 5.32 Å². The molecular formula is C11H14N2OS. The van der Waals surface area contributed by atoms with Crippen LogP contribution in [-0.4, -0.2) is 16.9 Å². The summed E-state index contributed by atoms with van der Waals surface area (Å²) in [6, 6.07) is 0.184. The minimum Gasteiger partial charge on any atom is -0.350 e. The third-order valence-electron chi connectivity index (χ3n) is 2.44. The Kier molecular flexibility index (Phi) is 3.50. The Morgan fingerprint density at radius 3 is 3.27 bits per heavy atom. The van der Waals surface area contributed by atoms with Crippen LogP contribution in [-0.2, 0) is 4.79 Å². The number of carbonyl (C=O) groups excluding carboxylic acids is 1. The first kappa shape index (κ1) is 10.4. The lowest BCUT2D eigenvalue weighted by Crippen LogP contribution is -2.30. The van der Waals surface area contributed by atoms with Gasteiger partial charge in [0, 0.05) is 24.0 Å². The van der Waals surface area contributed by atoms with Crippen molar-refractivity contribution < 1.29 is 4.79 Å². The number of aromatic nitrogens is 1. The van der Waals surface area contributed by atoms with E-state index < -0.39 is 0 Å². The van der Waals surface area contributed by atoms with E-state index in [-0.39, 0.29) is 11.9 Å². The zero-order chi connectivity index (χ0) is 10.5. The van der Waals surface area contributed by atoms with Crippen molar-refractivity contribution in [1.29, 1.82) is 0 Å². The molecule has 1 unspecified atom stereocenters. The van der Waals surface area contributed by atoms with Gasteiger partial charge < -0.3 is 5.32 Å². The maximum absolute atomic E-state index is 11.3. The Morgan fingerprint density at radius 2 is 2.47 bits per heavy atom. The van der Waals surface area contributed by atoms with Gasteiger partial charge >= 0.3 is 0 Å². The fourth-order valence-electron chi connectivity index (χ4n) is 1.66. The monoisotopic (exact) mass is 222 g/mol. The molecule has 15 heavy (non-hydrogen) atoms. The summed E-state index contributed by atoms with van der Waals surface area (Å²) >= 11 is 1.61. The molecule has 0 aliphatic carbocycles. The lowest BCUT2D eigenvalue weighted by Gasteiger charge is -2.09. The molecule has 1 aromatic heterocycles. The molecule has 1 aliphatic rings. The van der Waals surface area contributed by atoms with Crippen molar-refractivity contribution in [2.45, 2.75) is 31.7 Å². The van der Waals surface area contributed by atoms with E-state index in [2.05, 4.69) is 10.3 Å². The predicted octanol–water partition coefficient (Wildman–Crippen LogP) is 2.22. The molecule has 1 amide bonds. The molecule has 0 bridgehead atoms. The highest BCUT2D eigenvalue weighted by atomic mass is 32.1. The van der Waals surface area contributed by atoms with Gasteiger partial charge in [0.2, 0.25) is 5.91 Å². The van der Waals surface area contributed by atoms with Crippen molar-refractivity contribution in [2.24, 2.45) is 0 Å². The van der Waals surface area contributed by atoms with Gasteiger partial charge in [0.25, 0.3) is 0 Å². The van der Waals surface area contributed by atoms with Crippen LogP contribution in [0.25, 0.3) is 6.08 Å². The minimum atomic E-state index is 0.168. The fourth-order valence-corrected chi connectivity index (χ4v) is 2.20. The molecule has 1 aliphatic heterocycles. The number of hydrogen-bond acceptors (Lipinski definition) is 3. The summed E-state index contributed by atoms with van der Waals surface area (Å²) in [4.78, 5) is 15.5. The van der Waals surface area contributed by atoms with Crippen LogP contribution in [0.5, 0.6) is 0 Å². The Morgan fingerprint density at radius 1 is 1.53 bits per heavy atom. The van der Waals surface area contributed by atoms with Crippen LogP contribution in [0, 0.1) is 0 Å². The largest absolute Gasteiger partial charge is 0.350 e. The molecule has 80 valence electrons. The van der Waals surface area contributed by atoms with E-state index in [1.807, 2.05) is 17.5 Å². The van der Waals surface area contributed by atoms with E-state index in [0.717, 1.165) is 24.3 Å². The Bertz CT molecular complexity index is 345. The summed E-state index contributed by atoms with van der Waals surface area (Å²) in [5, 5.41) is 5.94. The van der Waals surface area contributed by atoms with Crippen molar-refractivity contribution >= 4 is 23.3 Å². The third-order valence-corrected chi connectivity index (χ3v) is 3.18. The fraction of sp³-hybridized carbons (Fsp3) is 0.455. The van der Waals surface area contributed by atoms with Gasteiger partial charge in [0.05, 0.1) is 0 Å². The van der Waals surface area contributed by atoms with Gasteiger partial charge in [0.1, 0.15) is 5.01 Å². The first-order chi connectivity index (χ1) is 7.34. The smallest absolute Gasteiger partial charge is 0.220 e. The van der Waals surface area contributed by atoms with Gasteiger partial charge in [0.15, 0.2) is 0 Å². The number of hydrogen-bond donors (Lipinski definition) is 1. The third kappa shape index (κ3) is 3.16. The second kappa shape index (κ2) is 5.07. The second-order valence-corrected chi connectivity index (χ2v) is 4.58. The predicted molar refractivity (Wildman–Crippen MR) is 61.5 cm³/mol. The maximum atomic E-state index is 11.3. The first-order valence-electron chi connectivity index (χ1n) is 5.21. The van der Waals surface area contributed by atoms with Crippen molar-refractivity contribution in [2.75, 3.05) is 0 Å². The zero-order valence-electron chi connectivity index (χ0n) is 8.48. The average Bonchev–Trinajstić information content (AvgIpc) is 2.65. The van der Waals surface area contributed by atoms with E-state index in [4.69, 9.17) is 0 Å². The summed E-state index contributed by atoms with van der Waals surface area (Å²) < 4.78 is 0. The van der Waals surface area contributed by atoms with Crippen LogP contribution in [0.4, 0.5) is 0 Å². The maximum Gasteiger partial charge on any atom is 0.220 e. The Balaban J connectivity index is 1.95. The molecule has 0 saturated carbocycles. The van der Waals surface area contributed by atoms with Gasteiger partial charge in [-0.3, -0.25) is 4.79 Å². The normalized spacial score (nSPS) is 22.7. The van der Waals surface area contributed by atoms with Crippen LogP contribution in [0.3, 0.4) is 0 Å². The van der Waals surface area contributed by atoms with Gasteiger partial charge in [-0.25, -0.2) is 4.98 Å². The number of nitrogens with zero attached hydrogens (tertiary/aromatic N) is 1. The van der Waals surface area contributed by atoms with Crippen molar-refractivity contribution in [3.8, 4) is 0 Å². The topological polar surface area (TPSA) is 42.0 Å². The van der Waals surface area contributed by atoms with Crippen molar-refractivity contribution in [3.63, 3.8) is 0 Å². The molecule has 0 spiro atoms. The highest BCUT2D eigenvalue weighted by Crippen LogP contribution is 2.12. The standard InChI is InChI=1S/C11H14N2OS/c14-10-4-2-1-3-9(13-10)5-6-11-12-7-8-15-11/h5-9H,1-4H2,(H,13,14)/b6-5+. The lowest BCUT2D eigenvalue weighted by atomic mass is 10.1. The summed E-state index contributed by atoms with van der Waals surface area (Å²) in [6.45, 7) is 0. The quantitative estimate of drug-likeness (QED) is 0.833. The summed E-state index contributed by atoms with van der Waals surface area (Å²) in [7, 11) is 0. The van der Waals surface area contributed by atoms with Gasteiger partial charge in [-0.05, 0) is 18.9 Å². The summed E-state index contributed by atoms with van der Waals surface area (Å²) in [6.07, 6.45) is 9.65. The second-order valence-electron chi connectivity index (χ2n) is 3.65. The van der Waals surface area contributed by atoms with Gasteiger partial charge in [-0.1, -0.05) is 12.5 Å². The lowest BCUT2D eigenvalue weighted by molar-refractivity contribution is -0.121. The van der Waals surface area contributed by atoms with Crippen molar-refractivity contribution in [3.05, 3.63) is 22.7 Å². The molecule has 3 nitrogen and oxygen atoms in total. The molecule has 1 saturated heterocycles. The SMILES string of the molecule is O=C1CCCCC(/C=C/c2nccs2)N1. The van der Waals surface area contributed by atoms with E-state index in [0.29, 0.717) is 6.42 Å². The molecule has 4 heteroatoms. The molecule has 1 N–H and O–H groups in total. The molecule has 1 atom stereocenters. The molecule has 2 heterocycles. The molecule has 1 aromatic rings. The average molecular weight is 222 g/mol. The highest BCUT2D eigenvalue weighted by molar-refractivity contribution is 7.10. The molecule has 1 fully saturated rings. The van der Waals surface area contributed by atoms with Gasteiger partial charge in [-0.2, -0.15) is 0 Å². The van der Waals surface area contributed by atoms with E-state index in [1.54, 1.807) is 17.5 Å². The Hall–Kier alpha value is -1.16. The summed E-state index contributed by atoms with van der Waals surface area (Å²) in [5.74, 6) is 0.168. The molecular weight excluding hydrogens is 208 g/mol. The molecule has 2 rings (SSSR count). The first-order valence-corrected chi connectivity index (χ1v) is 6.09. The zero-order valence-corrected chi connectivity index (χ0v) is 9.30. The van der Waals surface area contributed by atoms with Gasteiger partial charge in [-0.15, -0.1) is 11.3 Å². The molecule has 0 aromatic carbocycles. The highest BCUT2D eigenvalue weighted by Gasteiger charge is 2.13. The summed E-state index contributed by atoms with van der Waals surface area (Å²) in [5.41, 5.74) is 0. The number of carbonyl (C=O) groups is 1. The number of amides is 1. The Labute approximate surface area is 93.2 Å². The van der Waals surface area contributed by atoms with Crippen molar-refractivity contribution in [1.82, 2.24) is 10.3 Å². The number of thiazole rings is 1. The minimum absolute atomic E-state index is 0.168. The van der Waals surface area contributed by atoms with E-state index in [9.17, 15) is 4.79 Å². The van der Waals surface area contributed by atoms with Crippen LogP contribution >= 0.6 is 11.3 Å². The van der Waals surface area contributed by atoms with Crippen LogP contribution in [0.2, 0.25) is 0 Å². The number of rotatable bonds is 2. The molecule has 0 radical (unpaired) electrons.